The van der Waals surface area contributed by atoms with Gasteiger partial charge in [0.15, 0.2) is 11.6 Å². The number of nitrogens with zero attached hydrogens (tertiary/aromatic N) is 9. The molecule has 0 saturated heterocycles. The van der Waals surface area contributed by atoms with Crippen molar-refractivity contribution >= 4 is 22.9 Å². The number of aromatic nitrogens is 8. The molecule has 12 heteroatoms. The van der Waals surface area contributed by atoms with Gasteiger partial charge in [-0.05, 0) is 45.6 Å². The highest BCUT2D eigenvalue weighted by molar-refractivity contribution is 5.80. The number of hydrogen-bond acceptors (Lipinski definition) is 9. The van der Waals surface area contributed by atoms with Gasteiger partial charge in [0.1, 0.15) is 11.8 Å². The summed E-state index contributed by atoms with van der Waals surface area (Å²) in [7, 11) is 0. The van der Waals surface area contributed by atoms with E-state index in [1.807, 2.05) is 27.7 Å². The molecule has 3 aromatic heterocycles. The lowest BCUT2D eigenvalue weighted by Gasteiger charge is -2.34. The highest BCUT2D eigenvalue weighted by atomic mass is 16.3. The van der Waals surface area contributed by atoms with E-state index < -0.39 is 5.60 Å². The zero-order valence-corrected chi connectivity index (χ0v) is 20.9. The van der Waals surface area contributed by atoms with Crippen LogP contribution in [0.4, 0.5) is 5.95 Å². The summed E-state index contributed by atoms with van der Waals surface area (Å²) in [5.74, 6) is 2.21. The zero-order valence-electron chi connectivity index (χ0n) is 20.9. The van der Waals surface area contributed by atoms with Crippen molar-refractivity contribution in [2.75, 3.05) is 11.9 Å². The third-order valence-corrected chi connectivity index (χ3v) is 7.35. The predicted molar refractivity (Wildman–Crippen MR) is 135 cm³/mol. The smallest absolute Gasteiger partial charge is 0.226 e. The number of amides is 1. The Morgan fingerprint density at radius 1 is 1.11 bits per heavy atom. The number of carbonyl (C=O) groups excluding carboxylic acids is 1. The lowest BCUT2D eigenvalue weighted by molar-refractivity contribution is -0.138. The van der Waals surface area contributed by atoms with Crippen molar-refractivity contribution in [1.29, 1.82) is 0 Å². The summed E-state index contributed by atoms with van der Waals surface area (Å²) in [5.41, 5.74) is 1.08. The molecule has 4 heterocycles. The van der Waals surface area contributed by atoms with Crippen LogP contribution < -0.4 is 5.32 Å². The van der Waals surface area contributed by atoms with Gasteiger partial charge in [-0.1, -0.05) is 17.3 Å². The van der Waals surface area contributed by atoms with Crippen LogP contribution in [0.1, 0.15) is 50.9 Å². The molecule has 6 rings (SSSR count). The second kappa shape index (κ2) is 9.18. The van der Waals surface area contributed by atoms with E-state index in [-0.39, 0.29) is 17.9 Å². The number of aliphatic hydroxyl groups is 1. The van der Waals surface area contributed by atoms with E-state index in [4.69, 9.17) is 0 Å². The molecule has 1 amide bonds. The van der Waals surface area contributed by atoms with Crippen molar-refractivity contribution in [1.82, 2.24) is 44.6 Å². The molecule has 0 unspecified atom stereocenters. The molecule has 1 saturated carbocycles. The highest BCUT2D eigenvalue weighted by Crippen LogP contribution is 2.30. The first-order valence-electron chi connectivity index (χ1n) is 12.7. The Hall–Kier alpha value is -3.93. The van der Waals surface area contributed by atoms with Gasteiger partial charge in [-0.3, -0.25) is 4.79 Å². The van der Waals surface area contributed by atoms with Crippen LogP contribution in [0, 0.1) is 5.92 Å². The number of fused-ring (bicyclic) bond motifs is 2. The van der Waals surface area contributed by atoms with Gasteiger partial charge >= 0.3 is 0 Å². The molecule has 12 nitrogen and oxygen atoms in total. The molecule has 4 aromatic rings. The summed E-state index contributed by atoms with van der Waals surface area (Å²) >= 11 is 0. The minimum atomic E-state index is -1.04. The largest absolute Gasteiger partial charge is 0.386 e. The molecule has 1 aliphatic carbocycles. The fourth-order valence-electron chi connectivity index (χ4n) is 5.32. The Morgan fingerprint density at radius 2 is 1.95 bits per heavy atom. The maximum atomic E-state index is 13.1. The summed E-state index contributed by atoms with van der Waals surface area (Å²) in [6, 6.07) is 7.62. The average Bonchev–Trinajstić information content (AvgIpc) is 3.55. The molecule has 192 valence electrons. The molecular formula is C25H30N10O2. The van der Waals surface area contributed by atoms with Crippen LogP contribution in [0.5, 0.6) is 0 Å². The third-order valence-electron chi connectivity index (χ3n) is 7.35. The van der Waals surface area contributed by atoms with E-state index in [1.54, 1.807) is 37.1 Å². The van der Waals surface area contributed by atoms with Crippen LogP contribution in [0.2, 0.25) is 0 Å². The van der Waals surface area contributed by atoms with E-state index in [0.717, 1.165) is 43.6 Å². The molecule has 0 atom stereocenters. The fourth-order valence-corrected chi connectivity index (χ4v) is 5.32. The maximum absolute atomic E-state index is 13.1. The minimum absolute atomic E-state index is 0.0336. The van der Waals surface area contributed by atoms with E-state index in [9.17, 15) is 9.90 Å². The fraction of sp³-hybridized carbons (Fsp3) is 0.480. The van der Waals surface area contributed by atoms with Gasteiger partial charge < -0.3 is 19.9 Å². The van der Waals surface area contributed by atoms with Gasteiger partial charge in [0.25, 0.3) is 0 Å². The van der Waals surface area contributed by atoms with Crippen molar-refractivity contribution in [3.63, 3.8) is 0 Å². The van der Waals surface area contributed by atoms with Crippen LogP contribution in [0.25, 0.3) is 16.9 Å². The Morgan fingerprint density at radius 3 is 2.76 bits per heavy atom. The zero-order chi connectivity index (χ0) is 25.6. The molecule has 1 aliphatic heterocycles. The second-order valence-corrected chi connectivity index (χ2v) is 10.4. The van der Waals surface area contributed by atoms with E-state index >= 15 is 0 Å². The van der Waals surface area contributed by atoms with Gasteiger partial charge in [0.05, 0.1) is 17.7 Å². The van der Waals surface area contributed by atoms with Crippen LogP contribution in [-0.2, 0) is 23.5 Å². The van der Waals surface area contributed by atoms with Crippen molar-refractivity contribution in [3.8, 4) is 5.82 Å². The summed E-state index contributed by atoms with van der Waals surface area (Å²) in [6.07, 6.45) is 6.82. The summed E-state index contributed by atoms with van der Waals surface area (Å²) in [6.45, 7) is 5.45. The summed E-state index contributed by atoms with van der Waals surface area (Å²) in [4.78, 5) is 24.1. The number of benzene rings is 1. The van der Waals surface area contributed by atoms with Crippen LogP contribution in [-0.4, -0.2) is 68.2 Å². The Labute approximate surface area is 213 Å². The minimum Gasteiger partial charge on any atom is -0.386 e. The lowest BCUT2D eigenvalue weighted by Crippen LogP contribution is -2.43. The number of carbonyl (C=O) groups is 1. The topological polar surface area (TPSA) is 140 Å². The molecule has 2 N–H and O–H groups in total. The lowest BCUT2D eigenvalue weighted by atomic mass is 9.85. The number of anilines is 1. The molecular weight excluding hydrogens is 472 g/mol. The van der Waals surface area contributed by atoms with E-state index in [2.05, 4.69) is 35.8 Å². The first-order valence-corrected chi connectivity index (χ1v) is 12.7. The quantitative estimate of drug-likeness (QED) is 0.419. The highest BCUT2D eigenvalue weighted by Gasteiger charge is 2.32. The Balaban J connectivity index is 1.11. The van der Waals surface area contributed by atoms with Crippen LogP contribution >= 0.6 is 0 Å². The van der Waals surface area contributed by atoms with Crippen molar-refractivity contribution in [2.45, 2.75) is 64.3 Å². The molecule has 1 aromatic carbocycles. The van der Waals surface area contributed by atoms with Gasteiger partial charge in [-0.15, -0.1) is 15.3 Å². The number of nitrogens with one attached hydrogen (secondary N) is 1. The SMILES string of the molecule is CC(C)(O)c1cccc2c1nnn2-c1ccnc(N[C@H]2CC[C@H](C(=O)N3CCn4cnnc4C3)CC2)n1. The Bertz CT molecular complexity index is 1430. The van der Waals surface area contributed by atoms with E-state index in [0.29, 0.717) is 35.9 Å². The molecule has 2 aliphatic rings. The summed E-state index contributed by atoms with van der Waals surface area (Å²) < 4.78 is 3.67. The Kier molecular flexibility index (Phi) is 5.82. The van der Waals surface area contributed by atoms with E-state index in [1.165, 1.54) is 0 Å². The molecule has 0 radical (unpaired) electrons. The monoisotopic (exact) mass is 502 g/mol. The molecule has 0 bridgehead atoms. The molecule has 37 heavy (non-hydrogen) atoms. The van der Waals surface area contributed by atoms with Crippen molar-refractivity contribution in [3.05, 3.63) is 48.2 Å². The normalized spacial score (nSPS) is 20.1. The van der Waals surface area contributed by atoms with Crippen molar-refractivity contribution < 1.29 is 9.90 Å². The maximum Gasteiger partial charge on any atom is 0.226 e. The van der Waals surface area contributed by atoms with Crippen LogP contribution in [0.15, 0.2) is 36.8 Å². The van der Waals surface area contributed by atoms with Crippen LogP contribution in [0.3, 0.4) is 0 Å². The second-order valence-electron chi connectivity index (χ2n) is 10.4. The molecule has 1 fully saturated rings. The van der Waals surface area contributed by atoms with Gasteiger partial charge in [-0.2, -0.15) is 9.67 Å². The standard InChI is InChI=1S/C25H30N10O2/c1-25(2,37)18-4-3-5-19-22(18)31-32-35(19)20-10-11-26-24(29-20)28-17-8-6-16(7-9-17)23(36)33-12-13-34-15-27-30-21(34)14-33/h3-5,10-11,15-17,37H,6-9,12-14H2,1-2H3,(H,26,28,29)/t16-,17-. The third kappa shape index (κ3) is 4.52. The number of rotatable bonds is 5. The van der Waals surface area contributed by atoms with Gasteiger partial charge in [0.2, 0.25) is 11.9 Å². The summed E-state index contributed by atoms with van der Waals surface area (Å²) in [5, 5.41) is 30.6. The first-order chi connectivity index (χ1) is 17.9. The molecule has 0 spiro atoms. The van der Waals surface area contributed by atoms with Gasteiger partial charge in [-0.25, -0.2) is 4.98 Å². The average molecular weight is 503 g/mol. The van der Waals surface area contributed by atoms with Crippen molar-refractivity contribution in [2.24, 2.45) is 5.92 Å². The predicted octanol–water partition coefficient (Wildman–Crippen LogP) is 2.04. The van der Waals surface area contributed by atoms with Gasteiger partial charge in [0, 0.05) is 42.9 Å². The number of hydrogen-bond donors (Lipinski definition) is 2. The first kappa shape index (κ1) is 23.5.